The number of rotatable bonds is 8. The second kappa shape index (κ2) is 8.79. The smallest absolute Gasteiger partial charge is 0.431 e. The van der Waals surface area contributed by atoms with E-state index >= 15 is 0 Å². The minimum atomic E-state index is -0.652. The maximum atomic E-state index is 13.4. The monoisotopic (exact) mass is 465 g/mol. The molecule has 2 aliphatic rings. The molecule has 2 fully saturated rings. The third kappa shape index (κ3) is 3.96. The number of hydrogen-bond donors (Lipinski definition) is 1. The van der Waals surface area contributed by atoms with Gasteiger partial charge in [0.05, 0.1) is 38.9 Å². The molecule has 10 nitrogen and oxygen atoms in total. The first-order valence-electron chi connectivity index (χ1n) is 11.0. The summed E-state index contributed by atoms with van der Waals surface area (Å²) in [6, 6.07) is 13.4. The molecule has 10 heteroatoms. The Morgan fingerprint density at radius 2 is 1.62 bits per heavy atom. The van der Waals surface area contributed by atoms with E-state index in [1.165, 1.54) is 4.90 Å². The van der Waals surface area contributed by atoms with E-state index in [4.69, 9.17) is 14.0 Å². The number of nitrogens with zero attached hydrogens (tertiary/aromatic N) is 3. The van der Waals surface area contributed by atoms with Crippen LogP contribution in [0.15, 0.2) is 57.8 Å². The lowest BCUT2D eigenvalue weighted by Gasteiger charge is -2.25. The van der Waals surface area contributed by atoms with Crippen LogP contribution in [0.25, 0.3) is 5.69 Å². The summed E-state index contributed by atoms with van der Waals surface area (Å²) in [5.74, 6) is 0.763. The van der Waals surface area contributed by atoms with Crippen molar-refractivity contribution in [3.05, 3.63) is 64.6 Å². The summed E-state index contributed by atoms with van der Waals surface area (Å²) < 4.78 is 17.0. The Kier molecular flexibility index (Phi) is 5.66. The number of anilines is 1. The van der Waals surface area contributed by atoms with Crippen molar-refractivity contribution in [1.82, 2.24) is 10.2 Å². The summed E-state index contributed by atoms with van der Waals surface area (Å²) in [6.45, 7) is 0.169. The fourth-order valence-corrected chi connectivity index (χ4v) is 4.32. The zero-order chi connectivity index (χ0) is 23.8. The lowest BCUT2D eigenvalue weighted by Crippen LogP contribution is -2.47. The average molecular weight is 465 g/mol. The molecule has 34 heavy (non-hydrogen) atoms. The van der Waals surface area contributed by atoms with Gasteiger partial charge in [-0.1, -0.05) is 0 Å². The van der Waals surface area contributed by atoms with E-state index in [1.54, 1.807) is 67.4 Å². The van der Waals surface area contributed by atoms with Crippen LogP contribution in [-0.2, 0) is 16.1 Å². The first kappa shape index (κ1) is 21.9. The minimum absolute atomic E-state index is 0.0552. The molecule has 1 atom stereocenters. The second-order valence-corrected chi connectivity index (χ2v) is 8.35. The van der Waals surface area contributed by atoms with Gasteiger partial charge in [-0.2, -0.15) is 0 Å². The highest BCUT2D eigenvalue weighted by Gasteiger charge is 2.48. The number of carbonyl (C=O) groups is 2. The van der Waals surface area contributed by atoms with Crippen LogP contribution in [0.4, 0.5) is 5.69 Å². The highest BCUT2D eigenvalue weighted by Crippen LogP contribution is 2.35. The number of amides is 2. The molecule has 3 aromatic rings. The Labute approximate surface area is 195 Å². The number of imide groups is 1. The number of hydrogen-bond acceptors (Lipinski definition) is 7. The lowest BCUT2D eigenvalue weighted by molar-refractivity contribution is -0.678. The molecular weight excluding hydrogens is 440 g/mol. The largest absolute Gasteiger partial charge is 0.497 e. The minimum Gasteiger partial charge on any atom is -0.497 e. The molecule has 2 amide bonds. The van der Waals surface area contributed by atoms with Gasteiger partial charge >= 0.3 is 11.3 Å². The van der Waals surface area contributed by atoms with E-state index in [9.17, 15) is 14.4 Å². The molecule has 1 aliphatic heterocycles. The van der Waals surface area contributed by atoms with Crippen molar-refractivity contribution in [3.8, 4) is 17.2 Å². The number of aromatic nitrogens is 2. The molecule has 0 spiro atoms. The molecule has 2 heterocycles. The van der Waals surface area contributed by atoms with E-state index in [-0.39, 0.29) is 30.8 Å². The first-order valence-corrected chi connectivity index (χ1v) is 11.0. The molecule has 0 radical (unpaired) electrons. The molecule has 5 rings (SSSR count). The Morgan fingerprint density at radius 1 is 1.00 bits per heavy atom. The molecule has 1 unspecified atom stereocenters. The number of nitrogens with one attached hydrogen (secondary N) is 1. The topological polar surface area (TPSA) is 109 Å². The van der Waals surface area contributed by atoms with Gasteiger partial charge in [0.1, 0.15) is 11.5 Å². The molecule has 1 saturated carbocycles. The van der Waals surface area contributed by atoms with Crippen LogP contribution in [0.3, 0.4) is 0 Å². The fraction of sp³-hybridized carbons (Fsp3) is 0.333. The quantitative estimate of drug-likeness (QED) is 0.397. The molecule has 0 bridgehead atoms. The lowest BCUT2D eigenvalue weighted by atomic mass is 10.2. The summed E-state index contributed by atoms with van der Waals surface area (Å²) in [7, 11) is 3.14. The molecule has 176 valence electrons. The Morgan fingerprint density at radius 3 is 2.21 bits per heavy atom. The summed E-state index contributed by atoms with van der Waals surface area (Å²) in [5.41, 5.74) is 1.01. The van der Waals surface area contributed by atoms with Crippen molar-refractivity contribution in [3.63, 3.8) is 0 Å². The zero-order valence-electron chi connectivity index (χ0n) is 18.9. The fourth-order valence-electron chi connectivity index (χ4n) is 4.32. The van der Waals surface area contributed by atoms with E-state index in [0.29, 0.717) is 28.6 Å². The van der Waals surface area contributed by atoms with Crippen molar-refractivity contribution in [2.24, 2.45) is 0 Å². The number of ether oxygens (including phenoxy) is 2. The van der Waals surface area contributed by atoms with E-state index < -0.39 is 11.7 Å². The summed E-state index contributed by atoms with van der Waals surface area (Å²) in [4.78, 5) is 42.0. The van der Waals surface area contributed by atoms with Crippen molar-refractivity contribution in [2.75, 3.05) is 19.1 Å². The van der Waals surface area contributed by atoms with E-state index in [1.807, 2.05) is 4.90 Å². The van der Waals surface area contributed by atoms with Crippen molar-refractivity contribution in [1.29, 1.82) is 0 Å². The Balaban J connectivity index is 1.42. The molecule has 1 N–H and O–H groups in total. The SMILES string of the molecule is COc1ccc(N2C(=O)CC(N(Cc3c(=O)o[nH][n+]3-c3ccc(OC)cc3)C3CC3)C2=O)cc1. The van der Waals surface area contributed by atoms with Gasteiger partial charge in [0.2, 0.25) is 11.6 Å². The number of methoxy groups -OCH3 is 2. The number of aromatic amines is 1. The van der Waals surface area contributed by atoms with Gasteiger partial charge in [-0.15, -0.1) is 0 Å². The number of benzene rings is 2. The van der Waals surface area contributed by atoms with E-state index in [0.717, 1.165) is 12.8 Å². The second-order valence-electron chi connectivity index (χ2n) is 8.35. The average Bonchev–Trinajstić information content (AvgIpc) is 3.58. The molecule has 1 aliphatic carbocycles. The van der Waals surface area contributed by atoms with Crippen molar-refractivity contribution in [2.45, 2.75) is 37.9 Å². The van der Waals surface area contributed by atoms with Crippen LogP contribution < -0.4 is 24.7 Å². The van der Waals surface area contributed by atoms with Gasteiger partial charge in [-0.25, -0.2) is 9.69 Å². The predicted molar refractivity (Wildman–Crippen MR) is 120 cm³/mol. The maximum absolute atomic E-state index is 13.4. The van der Waals surface area contributed by atoms with Gasteiger partial charge in [0.25, 0.3) is 5.91 Å². The van der Waals surface area contributed by atoms with Gasteiger partial charge in [0, 0.05) is 18.2 Å². The van der Waals surface area contributed by atoms with Crippen LogP contribution in [0, 0.1) is 0 Å². The van der Waals surface area contributed by atoms with Gasteiger partial charge in [-0.3, -0.25) is 19.0 Å². The summed E-state index contributed by atoms with van der Waals surface area (Å²) >= 11 is 0. The van der Waals surface area contributed by atoms with Gasteiger partial charge in [-0.05, 0) is 59.2 Å². The Hall–Kier alpha value is -3.92. The molecule has 1 saturated heterocycles. The first-order chi connectivity index (χ1) is 16.5. The Bertz CT molecular complexity index is 1260. The zero-order valence-corrected chi connectivity index (χ0v) is 18.9. The molecule has 1 aromatic heterocycles. The highest BCUT2D eigenvalue weighted by molar-refractivity contribution is 6.22. The number of carbonyl (C=O) groups excluding carboxylic acids is 2. The van der Waals surface area contributed by atoms with Crippen molar-refractivity contribution >= 4 is 17.5 Å². The highest BCUT2D eigenvalue weighted by atomic mass is 16.5. The molecular formula is C24H25N4O6+. The number of H-pyrrole nitrogens is 1. The van der Waals surface area contributed by atoms with Crippen LogP contribution in [-0.4, -0.2) is 48.3 Å². The van der Waals surface area contributed by atoms with Gasteiger partial charge < -0.3 is 9.47 Å². The van der Waals surface area contributed by atoms with Crippen molar-refractivity contribution < 1.29 is 28.3 Å². The van der Waals surface area contributed by atoms with Crippen LogP contribution in [0.2, 0.25) is 0 Å². The maximum Gasteiger partial charge on any atom is 0.431 e. The van der Waals surface area contributed by atoms with Crippen LogP contribution in [0.5, 0.6) is 11.5 Å². The molecule has 2 aromatic carbocycles. The third-order valence-electron chi connectivity index (χ3n) is 6.27. The summed E-state index contributed by atoms with van der Waals surface area (Å²) in [5, 5.41) is 2.64. The normalized spacial score (nSPS) is 18.1. The summed E-state index contributed by atoms with van der Waals surface area (Å²) in [6.07, 6.45) is 1.86. The van der Waals surface area contributed by atoms with E-state index in [2.05, 4.69) is 5.27 Å². The van der Waals surface area contributed by atoms with Gasteiger partial charge in [0.15, 0.2) is 0 Å². The third-order valence-corrected chi connectivity index (χ3v) is 6.27. The predicted octanol–water partition coefficient (Wildman–Crippen LogP) is 1.56. The standard InChI is InChI=1S/C24H24N4O6/c1-32-18-9-5-16(6-10-18)27-22(29)13-20(23(27)30)26(15-3-4-15)14-21-24(31)34-25-28(21)17-7-11-19(33-2)12-8-17/h5-12,15,20H,3-4,13-14H2,1-2H3/p+1. The van der Waals surface area contributed by atoms with Crippen LogP contribution in [0.1, 0.15) is 25.0 Å². The van der Waals surface area contributed by atoms with Crippen LogP contribution >= 0.6 is 0 Å².